The maximum atomic E-state index is 13.2. The first-order valence-corrected chi connectivity index (χ1v) is 13.4. The second kappa shape index (κ2) is 8.91. The summed E-state index contributed by atoms with van der Waals surface area (Å²) in [6.07, 6.45) is 2.21. The molecule has 5 rings (SSSR count). The molecular weight excluding hydrogens is 468 g/mol. The van der Waals surface area contributed by atoms with Crippen LogP contribution in [0.15, 0.2) is 67.1 Å². The molecule has 0 aliphatic carbocycles. The Labute approximate surface area is 194 Å². The van der Waals surface area contributed by atoms with Crippen LogP contribution in [0.4, 0.5) is 0 Å². The third-order valence-corrected chi connectivity index (χ3v) is 9.81. The zero-order valence-corrected chi connectivity index (χ0v) is 19.6. The highest BCUT2D eigenvalue weighted by molar-refractivity contribution is 7.91. The van der Waals surface area contributed by atoms with Gasteiger partial charge < -0.3 is 4.42 Å². The van der Waals surface area contributed by atoms with Gasteiger partial charge >= 0.3 is 0 Å². The monoisotopic (exact) mass is 490 g/mol. The summed E-state index contributed by atoms with van der Waals surface area (Å²) in [5, 5.41) is 9.93. The van der Waals surface area contributed by atoms with Crippen molar-refractivity contribution in [2.45, 2.75) is 16.7 Å². The van der Waals surface area contributed by atoms with E-state index in [1.54, 1.807) is 35.1 Å². The normalized spacial score (nSPS) is 20.6. The summed E-state index contributed by atoms with van der Waals surface area (Å²) >= 11 is 2.82. The molecule has 1 atom stereocenters. The molecule has 168 valence electrons. The molecule has 5 heterocycles. The minimum absolute atomic E-state index is 0.118. The first kappa shape index (κ1) is 21.5. The van der Waals surface area contributed by atoms with Crippen LogP contribution in [-0.4, -0.2) is 67.0 Å². The van der Waals surface area contributed by atoms with Gasteiger partial charge in [-0.05, 0) is 35.0 Å². The Kier molecular flexibility index (Phi) is 5.99. The predicted molar refractivity (Wildman–Crippen MR) is 123 cm³/mol. The molecule has 8 nitrogen and oxygen atoms in total. The van der Waals surface area contributed by atoms with Crippen LogP contribution in [0.25, 0.3) is 0 Å². The van der Waals surface area contributed by atoms with Gasteiger partial charge in [0, 0.05) is 32.6 Å². The van der Waals surface area contributed by atoms with Crippen LogP contribution in [0.3, 0.4) is 0 Å². The van der Waals surface area contributed by atoms with E-state index in [1.807, 2.05) is 34.5 Å². The molecule has 11 heteroatoms. The molecule has 0 saturated carbocycles. The largest absolute Gasteiger partial charge is 0.467 e. The maximum absolute atomic E-state index is 13.2. The fourth-order valence-corrected chi connectivity index (χ4v) is 7.25. The number of furan rings is 1. The third kappa shape index (κ3) is 4.18. The number of carbonyl (C=O) groups is 1. The topological polar surface area (TPSA) is 86.4 Å². The number of hydrazone groups is 1. The number of rotatable bonds is 6. The molecule has 1 saturated heterocycles. The molecule has 32 heavy (non-hydrogen) atoms. The average molecular weight is 491 g/mol. The number of amides is 1. The molecule has 0 radical (unpaired) electrons. The van der Waals surface area contributed by atoms with Crippen LogP contribution in [0.2, 0.25) is 0 Å². The summed E-state index contributed by atoms with van der Waals surface area (Å²) in [4.78, 5) is 16.2. The number of hydrogen-bond donors (Lipinski definition) is 0. The summed E-state index contributed by atoms with van der Waals surface area (Å²) < 4.78 is 32.9. The molecule has 1 fully saturated rings. The minimum Gasteiger partial charge on any atom is -0.467 e. The molecule has 0 aromatic carbocycles. The Hall–Kier alpha value is -2.31. The van der Waals surface area contributed by atoms with Gasteiger partial charge in [-0.2, -0.15) is 9.41 Å². The van der Waals surface area contributed by atoms with Crippen LogP contribution < -0.4 is 0 Å². The van der Waals surface area contributed by atoms with Gasteiger partial charge in [0.25, 0.3) is 15.9 Å². The highest BCUT2D eigenvalue weighted by Crippen LogP contribution is 2.34. The van der Waals surface area contributed by atoms with E-state index < -0.39 is 10.0 Å². The van der Waals surface area contributed by atoms with Gasteiger partial charge in [-0.3, -0.25) is 9.69 Å². The Morgan fingerprint density at radius 3 is 2.50 bits per heavy atom. The van der Waals surface area contributed by atoms with Crippen molar-refractivity contribution in [3.8, 4) is 0 Å². The molecule has 2 aliphatic rings. The van der Waals surface area contributed by atoms with Crippen molar-refractivity contribution >= 4 is 44.3 Å². The van der Waals surface area contributed by atoms with Gasteiger partial charge in [0.15, 0.2) is 0 Å². The van der Waals surface area contributed by atoms with E-state index in [4.69, 9.17) is 4.42 Å². The zero-order valence-electron chi connectivity index (χ0n) is 17.2. The first-order chi connectivity index (χ1) is 15.5. The smallest absolute Gasteiger partial charge is 0.257 e. The van der Waals surface area contributed by atoms with Crippen molar-refractivity contribution in [1.82, 2.24) is 14.2 Å². The van der Waals surface area contributed by atoms with Gasteiger partial charge in [0.1, 0.15) is 16.0 Å². The van der Waals surface area contributed by atoms with Crippen LogP contribution in [-0.2, 0) is 14.8 Å². The first-order valence-electron chi connectivity index (χ1n) is 10.3. The lowest BCUT2D eigenvalue weighted by Gasteiger charge is -2.34. The van der Waals surface area contributed by atoms with Crippen molar-refractivity contribution in [3.63, 3.8) is 0 Å². The Balaban J connectivity index is 1.26. The van der Waals surface area contributed by atoms with Crippen molar-refractivity contribution in [2.24, 2.45) is 5.10 Å². The molecule has 1 amide bonds. The van der Waals surface area contributed by atoms with E-state index >= 15 is 0 Å². The number of sulfonamides is 1. The van der Waals surface area contributed by atoms with E-state index in [1.165, 1.54) is 20.7 Å². The van der Waals surface area contributed by atoms with Gasteiger partial charge in [0.2, 0.25) is 0 Å². The lowest BCUT2D eigenvalue weighted by Crippen LogP contribution is -2.51. The Morgan fingerprint density at radius 2 is 1.84 bits per heavy atom. The predicted octanol–water partition coefficient (Wildman–Crippen LogP) is 3.09. The third-order valence-electron chi connectivity index (χ3n) is 5.62. The van der Waals surface area contributed by atoms with Crippen LogP contribution in [0.1, 0.15) is 23.1 Å². The zero-order chi connectivity index (χ0) is 22.1. The SMILES string of the molecule is O=C(CN1CCN(S(=O)(=O)c2cccs2)CC1)N1N=C(c2cccs2)C[C@H]1c1ccco1. The summed E-state index contributed by atoms with van der Waals surface area (Å²) in [6, 6.07) is 10.8. The number of nitrogens with zero attached hydrogens (tertiary/aromatic N) is 4. The molecule has 0 bridgehead atoms. The number of carbonyl (C=O) groups excluding carboxylic acids is 1. The van der Waals surface area contributed by atoms with Gasteiger partial charge in [-0.25, -0.2) is 13.4 Å². The molecule has 0 N–H and O–H groups in total. The molecule has 0 spiro atoms. The highest BCUT2D eigenvalue weighted by Gasteiger charge is 2.36. The lowest BCUT2D eigenvalue weighted by molar-refractivity contribution is -0.134. The standard InChI is InChI=1S/C21H22N4O4S3/c26-20(15-23-7-9-24(10-8-23)32(27,28)21-6-3-13-31-21)25-17(18-4-1-11-29-18)14-16(22-25)19-5-2-12-30-19/h1-6,11-13,17H,7-10,14-15H2/t17-/m0/s1. The lowest BCUT2D eigenvalue weighted by atomic mass is 10.1. The minimum atomic E-state index is -3.46. The van der Waals surface area contributed by atoms with Gasteiger partial charge in [0.05, 0.1) is 23.4 Å². The van der Waals surface area contributed by atoms with Gasteiger partial charge in [-0.15, -0.1) is 22.7 Å². The van der Waals surface area contributed by atoms with E-state index in [0.29, 0.717) is 42.6 Å². The van der Waals surface area contributed by atoms with Crippen molar-refractivity contribution in [3.05, 3.63) is 64.1 Å². The number of piperazine rings is 1. The molecule has 3 aromatic rings. The van der Waals surface area contributed by atoms with Crippen LogP contribution in [0, 0.1) is 0 Å². The Morgan fingerprint density at radius 1 is 1.06 bits per heavy atom. The summed E-state index contributed by atoms with van der Waals surface area (Å²) in [6.45, 7) is 1.90. The number of hydrogen-bond acceptors (Lipinski definition) is 8. The van der Waals surface area contributed by atoms with Crippen LogP contribution >= 0.6 is 22.7 Å². The van der Waals surface area contributed by atoms with E-state index in [9.17, 15) is 13.2 Å². The second-order valence-corrected chi connectivity index (χ2v) is 11.7. The molecule has 2 aliphatic heterocycles. The Bertz CT molecular complexity index is 1180. The summed E-state index contributed by atoms with van der Waals surface area (Å²) in [7, 11) is -3.46. The van der Waals surface area contributed by atoms with Crippen LogP contribution in [0.5, 0.6) is 0 Å². The van der Waals surface area contributed by atoms with Crippen molar-refractivity contribution in [2.75, 3.05) is 32.7 Å². The summed E-state index contributed by atoms with van der Waals surface area (Å²) in [5.41, 5.74) is 0.876. The average Bonchev–Trinajstić information content (AvgIpc) is 3.59. The van der Waals surface area contributed by atoms with Crippen molar-refractivity contribution in [1.29, 1.82) is 0 Å². The number of thiophene rings is 2. The molecular formula is C21H22N4O4S3. The van der Waals surface area contributed by atoms with E-state index in [0.717, 1.165) is 10.6 Å². The second-order valence-electron chi connectivity index (χ2n) is 7.61. The molecule has 0 unspecified atom stereocenters. The van der Waals surface area contributed by atoms with E-state index in [2.05, 4.69) is 5.10 Å². The fourth-order valence-electron chi connectivity index (χ4n) is 3.96. The fraction of sp³-hybridized carbons (Fsp3) is 0.333. The summed E-state index contributed by atoms with van der Waals surface area (Å²) in [5.74, 6) is 0.591. The maximum Gasteiger partial charge on any atom is 0.257 e. The van der Waals surface area contributed by atoms with E-state index in [-0.39, 0.29) is 18.5 Å². The van der Waals surface area contributed by atoms with Gasteiger partial charge in [-0.1, -0.05) is 12.1 Å². The molecule has 3 aromatic heterocycles. The quantitative estimate of drug-likeness (QED) is 0.530. The highest BCUT2D eigenvalue weighted by atomic mass is 32.2. The van der Waals surface area contributed by atoms with Crippen molar-refractivity contribution < 1.29 is 17.6 Å².